The van der Waals surface area contributed by atoms with Crippen molar-refractivity contribution in [3.8, 4) is 0 Å². The van der Waals surface area contributed by atoms with E-state index in [2.05, 4.69) is 34.5 Å². The van der Waals surface area contributed by atoms with Crippen LogP contribution in [0.3, 0.4) is 0 Å². The minimum atomic E-state index is -0.453. The Kier molecular flexibility index (Phi) is 6.97. The maximum Gasteiger partial charge on any atom is 0.293 e. The molecule has 1 aliphatic heterocycles. The minimum Gasteiger partial charge on any atom is -0.380 e. The maximum absolute atomic E-state index is 12.8. The normalized spacial score (nSPS) is 14.9. The third-order valence-corrected chi connectivity index (χ3v) is 4.94. The quantitative estimate of drug-likeness (QED) is 0.574. The molecule has 1 heterocycles. The van der Waals surface area contributed by atoms with Crippen molar-refractivity contribution in [1.82, 2.24) is 9.80 Å². The Labute approximate surface area is 170 Å². The predicted octanol–water partition coefficient (Wildman–Crippen LogP) is 3.50. The molecule has 0 spiro atoms. The molecule has 7 heteroatoms. The third-order valence-electron chi connectivity index (χ3n) is 4.94. The highest BCUT2D eigenvalue weighted by Crippen LogP contribution is 2.26. The molecule has 0 saturated carbocycles. The molecule has 0 radical (unpaired) electrons. The van der Waals surface area contributed by atoms with Crippen LogP contribution in [0.2, 0.25) is 0 Å². The number of carbonyl (C=O) groups excluding carboxylic acids is 1. The molecule has 0 unspecified atom stereocenters. The highest BCUT2D eigenvalue weighted by molar-refractivity contribution is 5.95. The van der Waals surface area contributed by atoms with Gasteiger partial charge in [0.25, 0.3) is 11.6 Å². The second-order valence-corrected chi connectivity index (χ2v) is 6.93. The molecule has 1 amide bonds. The number of nitrogens with one attached hydrogen (secondary N) is 1. The number of carbonyl (C=O) groups is 1. The van der Waals surface area contributed by atoms with Gasteiger partial charge < -0.3 is 10.2 Å². The van der Waals surface area contributed by atoms with E-state index >= 15 is 0 Å². The molecule has 1 saturated heterocycles. The molecule has 7 nitrogen and oxygen atoms in total. The average Bonchev–Trinajstić information content (AvgIpc) is 2.75. The summed E-state index contributed by atoms with van der Waals surface area (Å²) in [6.07, 6.45) is 4.23. The maximum atomic E-state index is 12.8. The molecular weight excluding hydrogens is 368 g/mol. The Hall–Kier alpha value is -3.19. The first-order valence-electron chi connectivity index (χ1n) is 9.84. The number of benzene rings is 2. The average molecular weight is 394 g/mol. The second kappa shape index (κ2) is 9.84. The first kappa shape index (κ1) is 20.5. The van der Waals surface area contributed by atoms with Crippen molar-refractivity contribution in [3.05, 3.63) is 75.8 Å². The van der Waals surface area contributed by atoms with Crippen LogP contribution < -0.4 is 5.32 Å². The minimum absolute atomic E-state index is 0.0672. The van der Waals surface area contributed by atoms with Crippen LogP contribution in [0.5, 0.6) is 0 Å². The molecular formula is C22H26N4O3. The van der Waals surface area contributed by atoms with Crippen LogP contribution in [0.15, 0.2) is 54.6 Å². The first-order chi connectivity index (χ1) is 14.1. The summed E-state index contributed by atoms with van der Waals surface area (Å²) in [5.41, 5.74) is 1.89. The summed E-state index contributed by atoms with van der Waals surface area (Å²) in [7, 11) is 0. The van der Waals surface area contributed by atoms with Crippen molar-refractivity contribution in [2.75, 3.05) is 44.6 Å². The van der Waals surface area contributed by atoms with E-state index in [4.69, 9.17) is 0 Å². The molecule has 1 fully saturated rings. The van der Waals surface area contributed by atoms with Crippen molar-refractivity contribution in [2.45, 2.75) is 6.92 Å². The van der Waals surface area contributed by atoms with Crippen molar-refractivity contribution in [2.24, 2.45) is 0 Å². The predicted molar refractivity (Wildman–Crippen MR) is 115 cm³/mol. The lowest BCUT2D eigenvalue weighted by Crippen LogP contribution is -2.48. The third kappa shape index (κ3) is 5.42. The van der Waals surface area contributed by atoms with E-state index in [1.54, 1.807) is 17.0 Å². The van der Waals surface area contributed by atoms with Crippen LogP contribution >= 0.6 is 0 Å². The van der Waals surface area contributed by atoms with Gasteiger partial charge in [-0.25, -0.2) is 0 Å². The van der Waals surface area contributed by atoms with E-state index in [1.165, 1.54) is 11.6 Å². The Morgan fingerprint density at radius 2 is 1.86 bits per heavy atom. The van der Waals surface area contributed by atoms with Crippen LogP contribution in [-0.4, -0.2) is 59.9 Å². The summed E-state index contributed by atoms with van der Waals surface area (Å²) in [5.74, 6) is -0.157. The molecule has 0 aromatic heterocycles. The summed E-state index contributed by atoms with van der Waals surface area (Å²) < 4.78 is 0. The van der Waals surface area contributed by atoms with Gasteiger partial charge in [-0.05, 0) is 24.6 Å². The van der Waals surface area contributed by atoms with E-state index in [0.717, 1.165) is 19.6 Å². The van der Waals surface area contributed by atoms with Gasteiger partial charge in [0.2, 0.25) is 0 Å². The van der Waals surface area contributed by atoms with Crippen LogP contribution in [-0.2, 0) is 0 Å². The zero-order chi connectivity index (χ0) is 20.6. The Bertz CT molecular complexity index is 875. The molecule has 3 rings (SSSR count). The number of nitro benzene ring substituents is 1. The summed E-state index contributed by atoms with van der Waals surface area (Å²) in [6.45, 7) is 6.07. The fourth-order valence-corrected chi connectivity index (χ4v) is 3.37. The molecule has 2 aromatic rings. The number of hydrogen-bond donors (Lipinski definition) is 1. The first-order valence-corrected chi connectivity index (χ1v) is 9.84. The van der Waals surface area contributed by atoms with E-state index in [1.807, 2.05) is 25.1 Å². The largest absolute Gasteiger partial charge is 0.380 e. The van der Waals surface area contributed by atoms with E-state index in [9.17, 15) is 14.9 Å². The summed E-state index contributed by atoms with van der Waals surface area (Å²) in [4.78, 5) is 27.7. The van der Waals surface area contributed by atoms with Crippen LogP contribution in [0, 0.1) is 10.1 Å². The topological polar surface area (TPSA) is 78.7 Å². The highest BCUT2D eigenvalue weighted by Gasteiger charge is 2.24. The number of nitro groups is 1. The van der Waals surface area contributed by atoms with Gasteiger partial charge in [0.1, 0.15) is 5.69 Å². The van der Waals surface area contributed by atoms with Gasteiger partial charge in [-0.2, -0.15) is 0 Å². The van der Waals surface area contributed by atoms with Crippen molar-refractivity contribution >= 4 is 23.4 Å². The summed E-state index contributed by atoms with van der Waals surface area (Å²) in [6, 6.07) is 14.8. The number of rotatable bonds is 7. The van der Waals surface area contributed by atoms with E-state index < -0.39 is 4.92 Å². The fraction of sp³-hybridized carbons (Fsp3) is 0.318. The lowest BCUT2D eigenvalue weighted by molar-refractivity contribution is -0.384. The second-order valence-electron chi connectivity index (χ2n) is 6.93. The zero-order valence-electron chi connectivity index (χ0n) is 16.6. The number of amides is 1. The number of nitrogens with zero attached hydrogens (tertiary/aromatic N) is 3. The molecule has 1 aliphatic rings. The smallest absolute Gasteiger partial charge is 0.293 e. The van der Waals surface area contributed by atoms with Gasteiger partial charge in [0.05, 0.1) is 4.92 Å². The highest BCUT2D eigenvalue weighted by atomic mass is 16.6. The van der Waals surface area contributed by atoms with Crippen molar-refractivity contribution < 1.29 is 9.72 Å². The van der Waals surface area contributed by atoms with Gasteiger partial charge in [-0.3, -0.25) is 19.8 Å². The fourth-order valence-electron chi connectivity index (χ4n) is 3.37. The van der Waals surface area contributed by atoms with E-state index in [-0.39, 0.29) is 11.6 Å². The zero-order valence-corrected chi connectivity index (χ0v) is 16.6. The van der Waals surface area contributed by atoms with Crippen molar-refractivity contribution in [1.29, 1.82) is 0 Å². The monoisotopic (exact) mass is 394 g/mol. The van der Waals surface area contributed by atoms with Gasteiger partial charge in [-0.1, -0.05) is 42.5 Å². The van der Waals surface area contributed by atoms with Gasteiger partial charge in [0.15, 0.2) is 0 Å². The number of piperazine rings is 1. The summed E-state index contributed by atoms with van der Waals surface area (Å²) >= 11 is 0. The lowest BCUT2D eigenvalue weighted by Gasteiger charge is -2.34. The molecule has 1 N–H and O–H groups in total. The molecule has 29 heavy (non-hydrogen) atoms. The molecule has 0 atom stereocenters. The van der Waals surface area contributed by atoms with E-state index in [0.29, 0.717) is 30.9 Å². The standard InChI is InChI=1S/C22H26N4O3/c1-2-23-20-11-10-19(17-21(20)26(28)29)22(27)25-15-13-24(14-16-25)12-6-9-18-7-4-3-5-8-18/h3-11,17,23H,2,12-16H2,1H3/b9-6+. The summed E-state index contributed by atoms with van der Waals surface area (Å²) in [5, 5.41) is 14.3. The molecule has 0 bridgehead atoms. The molecule has 152 valence electrons. The molecule has 0 aliphatic carbocycles. The molecule has 2 aromatic carbocycles. The number of anilines is 1. The number of hydrogen-bond acceptors (Lipinski definition) is 5. The Morgan fingerprint density at radius 3 is 2.52 bits per heavy atom. The van der Waals surface area contributed by atoms with Gasteiger partial charge in [-0.15, -0.1) is 0 Å². The van der Waals surface area contributed by atoms with Crippen molar-refractivity contribution in [3.63, 3.8) is 0 Å². The SMILES string of the molecule is CCNc1ccc(C(=O)N2CCN(C/C=C/c3ccccc3)CC2)cc1[N+](=O)[O-]. The van der Waals surface area contributed by atoms with Crippen LogP contribution in [0.25, 0.3) is 6.08 Å². The Morgan fingerprint density at radius 1 is 1.14 bits per heavy atom. The van der Waals surface area contributed by atoms with Gasteiger partial charge in [0, 0.05) is 50.9 Å². The van der Waals surface area contributed by atoms with Crippen LogP contribution in [0.4, 0.5) is 11.4 Å². The lowest BCUT2D eigenvalue weighted by atomic mass is 10.1. The van der Waals surface area contributed by atoms with Gasteiger partial charge >= 0.3 is 0 Å². The van der Waals surface area contributed by atoms with Crippen LogP contribution in [0.1, 0.15) is 22.8 Å². The Balaban J connectivity index is 1.56.